The van der Waals surface area contributed by atoms with E-state index in [9.17, 15) is 14.4 Å². The summed E-state index contributed by atoms with van der Waals surface area (Å²) in [6.45, 7) is 8.73. The van der Waals surface area contributed by atoms with Crippen LogP contribution >= 0.6 is 0 Å². The molecule has 1 aliphatic heterocycles. The number of benzene rings is 1. The summed E-state index contributed by atoms with van der Waals surface area (Å²) in [4.78, 5) is 38.2. The van der Waals surface area contributed by atoms with E-state index in [0.29, 0.717) is 23.1 Å². The highest BCUT2D eigenvalue weighted by atomic mass is 16.2. The van der Waals surface area contributed by atoms with Gasteiger partial charge >= 0.3 is 0 Å². The van der Waals surface area contributed by atoms with Gasteiger partial charge in [0.05, 0.1) is 11.3 Å². The first-order chi connectivity index (χ1) is 11.8. The fourth-order valence-electron chi connectivity index (χ4n) is 3.39. The van der Waals surface area contributed by atoms with Gasteiger partial charge in [0, 0.05) is 20.0 Å². The van der Waals surface area contributed by atoms with Crippen LogP contribution in [0.1, 0.15) is 44.5 Å². The number of hydrogen-bond acceptors (Lipinski definition) is 3. The molecule has 6 heteroatoms. The molecular formula is C19H27N3O3. The van der Waals surface area contributed by atoms with Crippen LogP contribution in [-0.2, 0) is 9.59 Å². The third-order valence-corrected chi connectivity index (χ3v) is 4.38. The first-order valence-electron chi connectivity index (χ1n) is 8.74. The first-order valence-corrected chi connectivity index (χ1v) is 8.74. The van der Waals surface area contributed by atoms with Gasteiger partial charge in [-0.25, -0.2) is 0 Å². The second-order valence-corrected chi connectivity index (χ2v) is 7.11. The number of rotatable bonds is 4. The maximum Gasteiger partial charge on any atom is 0.255 e. The Hall–Kier alpha value is -2.37. The number of anilines is 1. The summed E-state index contributed by atoms with van der Waals surface area (Å²) in [5, 5.41) is 5.30. The van der Waals surface area contributed by atoms with Crippen molar-refractivity contribution < 1.29 is 14.4 Å². The third kappa shape index (κ3) is 5.05. The lowest BCUT2D eigenvalue weighted by atomic mass is 9.91. The molecule has 0 spiro atoms. The molecule has 3 amide bonds. The van der Waals surface area contributed by atoms with Gasteiger partial charge in [-0.05, 0) is 37.3 Å². The standard InChI is InChI=1S/C19H27N3O3/c1-12-9-13(2)11-22(10-12)19(25)16-7-5-6-8-17(16)21-18(24)14(3)20-15(4)23/h5-8,12-14H,9-11H2,1-4H3,(H,20,23)(H,21,24). The number of amides is 3. The topological polar surface area (TPSA) is 78.5 Å². The third-order valence-electron chi connectivity index (χ3n) is 4.38. The fraction of sp³-hybridized carbons (Fsp3) is 0.526. The Morgan fingerprint density at radius 3 is 2.32 bits per heavy atom. The highest BCUT2D eigenvalue weighted by Crippen LogP contribution is 2.25. The highest BCUT2D eigenvalue weighted by molar-refractivity contribution is 6.05. The van der Waals surface area contributed by atoms with E-state index in [-0.39, 0.29) is 17.7 Å². The number of nitrogens with one attached hydrogen (secondary N) is 2. The maximum atomic E-state index is 12.9. The van der Waals surface area contributed by atoms with Gasteiger partial charge in [-0.15, -0.1) is 0 Å². The molecule has 1 fully saturated rings. The molecule has 136 valence electrons. The molecule has 1 aliphatic rings. The Balaban J connectivity index is 2.15. The van der Waals surface area contributed by atoms with Crippen molar-refractivity contribution in [2.75, 3.05) is 18.4 Å². The molecule has 3 unspecified atom stereocenters. The van der Waals surface area contributed by atoms with Gasteiger partial charge in [-0.3, -0.25) is 14.4 Å². The molecule has 6 nitrogen and oxygen atoms in total. The number of para-hydroxylation sites is 1. The number of hydrogen-bond donors (Lipinski definition) is 2. The minimum atomic E-state index is -0.671. The molecule has 0 aromatic heterocycles. The summed E-state index contributed by atoms with van der Waals surface area (Å²) in [7, 11) is 0. The van der Waals surface area contributed by atoms with E-state index in [1.165, 1.54) is 6.92 Å². The minimum Gasteiger partial charge on any atom is -0.345 e. The number of likely N-dealkylation sites (tertiary alicyclic amines) is 1. The van der Waals surface area contributed by atoms with Gasteiger partial charge in [-0.1, -0.05) is 26.0 Å². The molecule has 3 atom stereocenters. The van der Waals surface area contributed by atoms with Crippen LogP contribution in [0.15, 0.2) is 24.3 Å². The molecule has 1 aromatic carbocycles. The molecular weight excluding hydrogens is 318 g/mol. The van der Waals surface area contributed by atoms with Crippen LogP contribution in [0.5, 0.6) is 0 Å². The Kier molecular flexibility index (Phi) is 6.17. The number of nitrogens with zero attached hydrogens (tertiary/aromatic N) is 1. The molecule has 2 rings (SSSR count). The van der Waals surface area contributed by atoms with Crippen molar-refractivity contribution in [1.82, 2.24) is 10.2 Å². The lowest BCUT2D eigenvalue weighted by Gasteiger charge is -2.35. The molecule has 0 radical (unpaired) electrons. The normalized spacial score (nSPS) is 21.4. The highest BCUT2D eigenvalue weighted by Gasteiger charge is 2.27. The summed E-state index contributed by atoms with van der Waals surface area (Å²) in [6.07, 6.45) is 1.12. The van der Waals surface area contributed by atoms with E-state index in [1.807, 2.05) is 4.90 Å². The van der Waals surface area contributed by atoms with E-state index in [2.05, 4.69) is 24.5 Å². The number of carbonyl (C=O) groups excluding carboxylic acids is 3. The van der Waals surface area contributed by atoms with Crippen LogP contribution < -0.4 is 10.6 Å². The van der Waals surface area contributed by atoms with Gasteiger partial charge < -0.3 is 15.5 Å². The van der Waals surface area contributed by atoms with E-state index >= 15 is 0 Å². The van der Waals surface area contributed by atoms with Crippen molar-refractivity contribution in [1.29, 1.82) is 0 Å². The van der Waals surface area contributed by atoms with E-state index in [1.54, 1.807) is 31.2 Å². The van der Waals surface area contributed by atoms with Crippen LogP contribution in [0.4, 0.5) is 5.69 Å². The Morgan fingerprint density at radius 1 is 1.12 bits per heavy atom. The largest absolute Gasteiger partial charge is 0.345 e. The van der Waals surface area contributed by atoms with Gasteiger partial charge in [-0.2, -0.15) is 0 Å². The summed E-state index contributed by atoms with van der Waals surface area (Å²) >= 11 is 0. The van der Waals surface area contributed by atoms with Crippen molar-refractivity contribution in [3.05, 3.63) is 29.8 Å². The quantitative estimate of drug-likeness (QED) is 0.879. The first kappa shape index (κ1) is 19.0. The molecule has 1 heterocycles. The van der Waals surface area contributed by atoms with Gasteiger partial charge in [0.25, 0.3) is 5.91 Å². The van der Waals surface area contributed by atoms with E-state index in [4.69, 9.17) is 0 Å². The molecule has 0 saturated carbocycles. The molecule has 1 saturated heterocycles. The zero-order chi connectivity index (χ0) is 18.6. The van der Waals surface area contributed by atoms with Crippen molar-refractivity contribution in [3.63, 3.8) is 0 Å². The summed E-state index contributed by atoms with van der Waals surface area (Å²) in [5.41, 5.74) is 0.952. The van der Waals surface area contributed by atoms with Gasteiger partial charge in [0.15, 0.2) is 0 Å². The number of piperidine rings is 1. The summed E-state index contributed by atoms with van der Waals surface area (Å²) in [6, 6.07) is 6.33. The van der Waals surface area contributed by atoms with Crippen molar-refractivity contribution >= 4 is 23.4 Å². The summed E-state index contributed by atoms with van der Waals surface area (Å²) in [5.74, 6) is 0.240. The molecule has 2 N–H and O–H groups in total. The van der Waals surface area contributed by atoms with Crippen molar-refractivity contribution in [3.8, 4) is 0 Å². The summed E-state index contributed by atoms with van der Waals surface area (Å²) < 4.78 is 0. The zero-order valence-corrected chi connectivity index (χ0v) is 15.3. The minimum absolute atomic E-state index is 0.0681. The monoisotopic (exact) mass is 345 g/mol. The molecule has 0 bridgehead atoms. The molecule has 25 heavy (non-hydrogen) atoms. The maximum absolute atomic E-state index is 12.9. The van der Waals surface area contributed by atoms with Crippen LogP contribution in [0.2, 0.25) is 0 Å². The van der Waals surface area contributed by atoms with Gasteiger partial charge in [0.1, 0.15) is 6.04 Å². The number of carbonyl (C=O) groups is 3. The predicted octanol–water partition coefficient (Wildman–Crippen LogP) is 2.27. The smallest absolute Gasteiger partial charge is 0.255 e. The van der Waals surface area contributed by atoms with Crippen LogP contribution in [0.3, 0.4) is 0 Å². The lowest BCUT2D eigenvalue weighted by Crippen LogP contribution is -2.43. The van der Waals surface area contributed by atoms with E-state index < -0.39 is 6.04 Å². The van der Waals surface area contributed by atoms with Crippen molar-refractivity contribution in [2.45, 2.75) is 40.2 Å². The van der Waals surface area contributed by atoms with Crippen LogP contribution in [0, 0.1) is 11.8 Å². The van der Waals surface area contributed by atoms with Crippen LogP contribution in [0.25, 0.3) is 0 Å². The van der Waals surface area contributed by atoms with Crippen LogP contribution in [-0.4, -0.2) is 41.8 Å². The lowest BCUT2D eigenvalue weighted by molar-refractivity contribution is -0.124. The average molecular weight is 345 g/mol. The zero-order valence-electron chi connectivity index (χ0n) is 15.3. The Morgan fingerprint density at radius 2 is 1.72 bits per heavy atom. The molecule has 0 aliphatic carbocycles. The Bertz CT molecular complexity index is 649. The average Bonchev–Trinajstić information content (AvgIpc) is 2.53. The van der Waals surface area contributed by atoms with E-state index in [0.717, 1.165) is 19.5 Å². The second kappa shape index (κ2) is 8.14. The predicted molar refractivity (Wildman–Crippen MR) is 97.2 cm³/mol. The fourth-order valence-corrected chi connectivity index (χ4v) is 3.39. The van der Waals surface area contributed by atoms with Gasteiger partial charge in [0.2, 0.25) is 11.8 Å². The Labute approximate surface area is 149 Å². The second-order valence-electron chi connectivity index (χ2n) is 7.11. The van der Waals surface area contributed by atoms with Crippen molar-refractivity contribution in [2.24, 2.45) is 11.8 Å². The SMILES string of the molecule is CC(=O)NC(C)C(=O)Nc1ccccc1C(=O)N1CC(C)CC(C)C1. The molecule has 1 aromatic rings.